The Kier molecular flexibility index (Phi) is 7.80. The molecule has 29 heavy (non-hydrogen) atoms. The summed E-state index contributed by atoms with van der Waals surface area (Å²) in [4.78, 5) is 26.9. The molecule has 0 N–H and O–H groups in total. The van der Waals surface area contributed by atoms with Gasteiger partial charge in [-0.3, -0.25) is 4.79 Å². The Hall–Kier alpha value is -2.40. The lowest BCUT2D eigenvalue weighted by molar-refractivity contribution is -0.126. The van der Waals surface area contributed by atoms with Crippen LogP contribution in [0.2, 0.25) is 0 Å². The quantitative estimate of drug-likeness (QED) is 0.625. The Labute approximate surface area is 174 Å². The van der Waals surface area contributed by atoms with Gasteiger partial charge in [0.2, 0.25) is 0 Å². The van der Waals surface area contributed by atoms with E-state index in [9.17, 15) is 9.59 Å². The summed E-state index contributed by atoms with van der Waals surface area (Å²) >= 11 is 0. The van der Waals surface area contributed by atoms with Crippen LogP contribution in [0.1, 0.15) is 41.0 Å². The Morgan fingerprint density at radius 2 is 1.90 bits per heavy atom. The summed E-state index contributed by atoms with van der Waals surface area (Å²) in [5.41, 5.74) is 3.43. The van der Waals surface area contributed by atoms with Crippen molar-refractivity contribution in [3.63, 3.8) is 0 Å². The summed E-state index contributed by atoms with van der Waals surface area (Å²) in [5.74, 6) is -0.116. The number of nitrogens with zero attached hydrogens (tertiary/aromatic N) is 1. The molecule has 0 aromatic carbocycles. The number of ether oxygens (including phenoxy) is 2. The Balaban J connectivity index is 2.14. The second kappa shape index (κ2) is 9.88. The molecule has 0 bridgehead atoms. The molecule has 1 aliphatic heterocycles. The number of carbonyl (C=O) groups excluding carboxylic acids is 2. The maximum Gasteiger partial charge on any atom is 0.410 e. The monoisotopic (exact) mass is 399 g/mol. The minimum Gasteiger partial charge on any atom is -0.438 e. The van der Waals surface area contributed by atoms with Gasteiger partial charge in [-0.25, -0.2) is 4.79 Å². The molecule has 0 aromatic heterocycles. The van der Waals surface area contributed by atoms with Crippen molar-refractivity contribution in [2.24, 2.45) is 5.41 Å². The molecule has 5 heteroatoms. The van der Waals surface area contributed by atoms with Crippen LogP contribution in [0.4, 0.5) is 4.79 Å². The maximum absolute atomic E-state index is 12.9. The molecule has 158 valence electrons. The number of ketones is 1. The number of rotatable bonds is 5. The molecule has 0 aromatic rings. The highest BCUT2D eigenvalue weighted by Gasteiger charge is 2.40. The molecule has 1 fully saturated rings. The third kappa shape index (κ3) is 6.29. The smallest absolute Gasteiger partial charge is 0.410 e. The molecular weight excluding hydrogens is 366 g/mol. The van der Waals surface area contributed by atoms with Crippen LogP contribution in [0, 0.1) is 5.41 Å². The molecule has 0 radical (unpaired) electrons. The zero-order chi connectivity index (χ0) is 21.6. The topological polar surface area (TPSA) is 55.8 Å². The van der Waals surface area contributed by atoms with E-state index in [1.807, 2.05) is 51.2 Å². The third-order valence-electron chi connectivity index (χ3n) is 5.26. The van der Waals surface area contributed by atoms with Gasteiger partial charge in [-0.1, -0.05) is 62.0 Å². The van der Waals surface area contributed by atoms with Gasteiger partial charge >= 0.3 is 6.09 Å². The van der Waals surface area contributed by atoms with Crippen molar-refractivity contribution in [2.45, 2.75) is 47.1 Å². The summed E-state index contributed by atoms with van der Waals surface area (Å²) in [6.45, 7) is 15.8. The molecule has 5 nitrogen and oxygen atoms in total. The van der Waals surface area contributed by atoms with E-state index < -0.39 is 12.2 Å². The van der Waals surface area contributed by atoms with Gasteiger partial charge in [-0.05, 0) is 37.3 Å². The van der Waals surface area contributed by atoms with Crippen molar-refractivity contribution in [3.05, 3.63) is 59.3 Å². The van der Waals surface area contributed by atoms with Crippen LogP contribution < -0.4 is 0 Å². The molecule has 0 spiro atoms. The number of carbonyl (C=O) groups is 2. The van der Waals surface area contributed by atoms with Crippen LogP contribution in [0.15, 0.2) is 59.3 Å². The minimum absolute atomic E-state index is 0.116. The number of morpholine rings is 1. The second-order valence-corrected chi connectivity index (χ2v) is 8.41. The maximum atomic E-state index is 12.9. The van der Waals surface area contributed by atoms with Gasteiger partial charge in [0, 0.05) is 19.5 Å². The molecule has 1 unspecified atom stereocenters. The first kappa shape index (κ1) is 22.9. The van der Waals surface area contributed by atoms with E-state index in [2.05, 4.69) is 20.4 Å². The highest BCUT2D eigenvalue weighted by molar-refractivity contribution is 6.01. The first-order valence-electron chi connectivity index (χ1n) is 10.1. The minimum atomic E-state index is -0.743. The van der Waals surface area contributed by atoms with Crippen LogP contribution in [0.3, 0.4) is 0 Å². The fourth-order valence-electron chi connectivity index (χ4n) is 3.57. The van der Waals surface area contributed by atoms with Crippen molar-refractivity contribution in [3.8, 4) is 0 Å². The number of amides is 1. The van der Waals surface area contributed by atoms with Gasteiger partial charge in [0.25, 0.3) is 0 Å². The van der Waals surface area contributed by atoms with Crippen LogP contribution in [0.25, 0.3) is 0 Å². The first-order chi connectivity index (χ1) is 13.6. The zero-order valence-corrected chi connectivity index (χ0v) is 18.3. The molecule has 1 aliphatic carbocycles. The lowest BCUT2D eigenvalue weighted by Gasteiger charge is -2.37. The average Bonchev–Trinajstić information content (AvgIpc) is 2.65. The van der Waals surface area contributed by atoms with Gasteiger partial charge < -0.3 is 14.4 Å². The van der Waals surface area contributed by atoms with Gasteiger partial charge in [0.15, 0.2) is 11.9 Å². The van der Waals surface area contributed by atoms with Crippen LogP contribution in [-0.2, 0) is 14.3 Å². The van der Waals surface area contributed by atoms with E-state index >= 15 is 0 Å². The lowest BCUT2D eigenvalue weighted by Crippen LogP contribution is -2.45. The van der Waals surface area contributed by atoms with E-state index in [0.29, 0.717) is 38.3 Å². The summed E-state index contributed by atoms with van der Waals surface area (Å²) in [6, 6.07) is 0. The summed E-state index contributed by atoms with van der Waals surface area (Å²) in [7, 11) is 0. The fourth-order valence-corrected chi connectivity index (χ4v) is 3.57. The predicted molar refractivity (Wildman–Crippen MR) is 116 cm³/mol. The number of hydrogen-bond donors (Lipinski definition) is 0. The van der Waals surface area contributed by atoms with Crippen LogP contribution >= 0.6 is 0 Å². The Bertz CT molecular complexity index is 777. The number of allylic oxidation sites excluding steroid dienone is 8. The molecule has 0 saturated carbocycles. The van der Waals surface area contributed by atoms with Gasteiger partial charge in [0.1, 0.15) is 0 Å². The SMILES string of the molecule is C=C(C)C=CC=C(C)C=CC1=C(C)C(=O)C(OC(=O)N2CCOCC2)CC1(C)C. The largest absolute Gasteiger partial charge is 0.438 e. The van der Waals surface area contributed by atoms with E-state index in [1.165, 1.54) is 0 Å². The summed E-state index contributed by atoms with van der Waals surface area (Å²) in [6.07, 6.45) is 9.22. The Morgan fingerprint density at radius 3 is 2.52 bits per heavy atom. The summed E-state index contributed by atoms with van der Waals surface area (Å²) in [5, 5.41) is 0. The van der Waals surface area contributed by atoms with Crippen molar-refractivity contribution in [1.29, 1.82) is 0 Å². The molecule has 1 atom stereocenters. The highest BCUT2D eigenvalue weighted by Crippen LogP contribution is 2.40. The zero-order valence-electron chi connectivity index (χ0n) is 18.3. The van der Waals surface area contributed by atoms with E-state index in [1.54, 1.807) is 4.90 Å². The molecule has 2 aliphatic rings. The van der Waals surface area contributed by atoms with Crippen molar-refractivity contribution in [1.82, 2.24) is 4.90 Å². The lowest BCUT2D eigenvalue weighted by atomic mass is 9.71. The highest BCUT2D eigenvalue weighted by atomic mass is 16.6. The average molecular weight is 400 g/mol. The van der Waals surface area contributed by atoms with Crippen molar-refractivity contribution < 1.29 is 19.1 Å². The first-order valence-corrected chi connectivity index (χ1v) is 10.1. The van der Waals surface area contributed by atoms with E-state index in [-0.39, 0.29) is 11.2 Å². The molecular formula is C24H33NO4. The van der Waals surface area contributed by atoms with Gasteiger partial charge in [0.05, 0.1) is 13.2 Å². The molecule has 2 rings (SSSR count). The summed E-state index contributed by atoms with van der Waals surface area (Å²) < 4.78 is 10.9. The molecule has 1 heterocycles. The predicted octanol–water partition coefficient (Wildman–Crippen LogP) is 4.77. The van der Waals surface area contributed by atoms with E-state index in [4.69, 9.17) is 9.47 Å². The normalized spacial score (nSPS) is 23.2. The number of hydrogen-bond acceptors (Lipinski definition) is 4. The van der Waals surface area contributed by atoms with Gasteiger partial charge in [-0.15, -0.1) is 0 Å². The van der Waals surface area contributed by atoms with Crippen molar-refractivity contribution >= 4 is 11.9 Å². The molecule has 1 saturated heterocycles. The van der Waals surface area contributed by atoms with Crippen molar-refractivity contribution in [2.75, 3.05) is 26.3 Å². The number of Topliss-reactive ketones (excluding diaryl/α,β-unsaturated/α-hetero) is 1. The van der Waals surface area contributed by atoms with Crippen LogP contribution in [-0.4, -0.2) is 49.2 Å². The standard InChI is InChI=1S/C24H33NO4/c1-17(2)8-7-9-18(3)10-11-20-19(4)22(26)21(16-24(20,5)6)29-23(27)25-12-14-28-15-13-25/h7-11,21H,1,12-16H2,2-6H3. The van der Waals surface area contributed by atoms with Crippen LogP contribution in [0.5, 0.6) is 0 Å². The second-order valence-electron chi connectivity index (χ2n) is 8.41. The van der Waals surface area contributed by atoms with E-state index in [0.717, 1.165) is 16.7 Å². The third-order valence-corrected chi connectivity index (χ3v) is 5.26. The molecule has 1 amide bonds. The van der Waals surface area contributed by atoms with Gasteiger partial charge in [-0.2, -0.15) is 0 Å². The Morgan fingerprint density at radius 1 is 1.24 bits per heavy atom. The fraction of sp³-hybridized carbons (Fsp3) is 0.500.